The number of anilines is 1. The van der Waals surface area contributed by atoms with Gasteiger partial charge in [0, 0.05) is 21.8 Å². The quantitative estimate of drug-likeness (QED) is 0.872. The Hall–Kier alpha value is -0.770. The van der Waals surface area contributed by atoms with E-state index in [1.165, 1.54) is 19.3 Å². The summed E-state index contributed by atoms with van der Waals surface area (Å²) in [6, 6.07) is 5.25. The van der Waals surface area contributed by atoms with Crippen LogP contribution in [0.25, 0.3) is 0 Å². The summed E-state index contributed by atoms with van der Waals surface area (Å²) in [5, 5.41) is 7.26. The van der Waals surface area contributed by atoms with E-state index in [4.69, 9.17) is 23.2 Å². The zero-order chi connectivity index (χ0) is 14.5. The van der Waals surface area contributed by atoms with Crippen molar-refractivity contribution in [3.05, 3.63) is 28.2 Å². The van der Waals surface area contributed by atoms with Crippen LogP contribution in [0.5, 0.6) is 0 Å². The molecule has 2 N–H and O–H groups in total. The van der Waals surface area contributed by atoms with E-state index in [1.54, 1.807) is 18.2 Å². The summed E-state index contributed by atoms with van der Waals surface area (Å²) in [5.41, 5.74) is 0.629. The molecule has 1 aliphatic rings. The van der Waals surface area contributed by atoms with Gasteiger partial charge in [-0.25, -0.2) is 0 Å². The van der Waals surface area contributed by atoms with Crippen molar-refractivity contribution in [1.82, 2.24) is 5.32 Å². The summed E-state index contributed by atoms with van der Waals surface area (Å²) in [6.07, 6.45) is 6.10. The van der Waals surface area contributed by atoms with Crippen LogP contribution < -0.4 is 10.6 Å². The molecule has 20 heavy (non-hydrogen) atoms. The van der Waals surface area contributed by atoms with Crippen molar-refractivity contribution < 1.29 is 4.79 Å². The molecule has 0 saturated heterocycles. The highest BCUT2D eigenvalue weighted by Gasteiger charge is 2.19. The second-order valence-electron chi connectivity index (χ2n) is 5.37. The van der Waals surface area contributed by atoms with Crippen LogP contribution in [0.4, 0.5) is 5.69 Å². The molecule has 0 bridgehead atoms. The van der Waals surface area contributed by atoms with Gasteiger partial charge in [-0.05, 0) is 38.0 Å². The van der Waals surface area contributed by atoms with Gasteiger partial charge in [-0.1, -0.05) is 42.5 Å². The fourth-order valence-electron chi connectivity index (χ4n) is 2.58. The van der Waals surface area contributed by atoms with E-state index in [0.717, 1.165) is 12.8 Å². The number of benzene rings is 1. The molecule has 0 spiro atoms. The number of carbonyl (C=O) groups is 1. The van der Waals surface area contributed by atoms with Crippen molar-refractivity contribution in [2.45, 2.75) is 51.1 Å². The first kappa shape index (κ1) is 15.6. The van der Waals surface area contributed by atoms with Gasteiger partial charge in [0.05, 0.1) is 6.04 Å². The largest absolute Gasteiger partial charge is 0.325 e. The predicted molar refractivity (Wildman–Crippen MR) is 84.6 cm³/mol. The fourth-order valence-corrected chi connectivity index (χ4v) is 3.10. The topological polar surface area (TPSA) is 41.1 Å². The van der Waals surface area contributed by atoms with Crippen molar-refractivity contribution in [1.29, 1.82) is 0 Å². The molecule has 1 saturated carbocycles. The molecule has 2 rings (SSSR count). The lowest BCUT2D eigenvalue weighted by Gasteiger charge is -2.26. The molecule has 1 aliphatic carbocycles. The van der Waals surface area contributed by atoms with Crippen LogP contribution in [0, 0.1) is 0 Å². The molecule has 0 heterocycles. The maximum Gasteiger partial charge on any atom is 0.241 e. The first-order valence-electron chi connectivity index (χ1n) is 7.07. The van der Waals surface area contributed by atoms with E-state index in [1.807, 2.05) is 6.92 Å². The van der Waals surface area contributed by atoms with Gasteiger partial charge in [0.15, 0.2) is 0 Å². The van der Waals surface area contributed by atoms with Crippen LogP contribution in [0.1, 0.15) is 39.0 Å². The molecule has 1 fully saturated rings. The molecular weight excluding hydrogens is 295 g/mol. The Morgan fingerprint density at radius 3 is 2.35 bits per heavy atom. The fraction of sp³-hybridized carbons (Fsp3) is 0.533. The molecule has 0 aromatic heterocycles. The molecular formula is C15H20Cl2N2O. The Balaban J connectivity index is 1.89. The first-order valence-corrected chi connectivity index (χ1v) is 7.83. The van der Waals surface area contributed by atoms with E-state index in [-0.39, 0.29) is 11.9 Å². The second-order valence-corrected chi connectivity index (χ2v) is 6.24. The molecule has 0 unspecified atom stereocenters. The van der Waals surface area contributed by atoms with Crippen molar-refractivity contribution in [2.24, 2.45) is 0 Å². The number of nitrogens with one attached hydrogen (secondary N) is 2. The Bertz CT molecular complexity index is 453. The highest BCUT2D eigenvalue weighted by atomic mass is 35.5. The monoisotopic (exact) mass is 314 g/mol. The van der Waals surface area contributed by atoms with Gasteiger partial charge >= 0.3 is 0 Å². The first-order chi connectivity index (χ1) is 9.54. The Morgan fingerprint density at radius 2 is 1.75 bits per heavy atom. The zero-order valence-electron chi connectivity index (χ0n) is 11.6. The highest BCUT2D eigenvalue weighted by Crippen LogP contribution is 2.23. The van der Waals surface area contributed by atoms with E-state index in [2.05, 4.69) is 10.6 Å². The summed E-state index contributed by atoms with van der Waals surface area (Å²) in [7, 11) is 0. The van der Waals surface area contributed by atoms with Gasteiger partial charge in [-0.3, -0.25) is 4.79 Å². The molecule has 0 radical (unpaired) electrons. The van der Waals surface area contributed by atoms with Crippen LogP contribution in [0.2, 0.25) is 10.0 Å². The number of amides is 1. The van der Waals surface area contributed by atoms with Gasteiger partial charge in [0.1, 0.15) is 0 Å². The summed E-state index contributed by atoms with van der Waals surface area (Å²) in [5.74, 6) is -0.0612. The van der Waals surface area contributed by atoms with Gasteiger partial charge in [0.2, 0.25) is 5.91 Å². The molecule has 1 aromatic carbocycles. The van der Waals surface area contributed by atoms with E-state index < -0.39 is 0 Å². The van der Waals surface area contributed by atoms with Gasteiger partial charge < -0.3 is 10.6 Å². The Labute approximate surface area is 130 Å². The Morgan fingerprint density at radius 1 is 1.15 bits per heavy atom. The second kappa shape index (κ2) is 7.30. The van der Waals surface area contributed by atoms with E-state index >= 15 is 0 Å². The SMILES string of the molecule is C[C@H](NC1CCCCC1)C(=O)Nc1cc(Cl)cc(Cl)c1. The molecule has 1 atom stereocenters. The average Bonchev–Trinajstić information content (AvgIpc) is 2.38. The highest BCUT2D eigenvalue weighted by molar-refractivity contribution is 6.35. The number of hydrogen-bond donors (Lipinski definition) is 2. The number of hydrogen-bond acceptors (Lipinski definition) is 2. The van der Waals surface area contributed by atoms with Crippen LogP contribution in [0.15, 0.2) is 18.2 Å². The minimum absolute atomic E-state index is 0.0612. The van der Waals surface area contributed by atoms with Crippen molar-refractivity contribution in [2.75, 3.05) is 5.32 Å². The van der Waals surface area contributed by atoms with Crippen LogP contribution in [-0.2, 0) is 4.79 Å². The summed E-state index contributed by atoms with van der Waals surface area (Å²) in [6.45, 7) is 1.89. The molecule has 1 amide bonds. The third-order valence-corrected chi connectivity index (χ3v) is 4.05. The van der Waals surface area contributed by atoms with Gasteiger partial charge in [0.25, 0.3) is 0 Å². The summed E-state index contributed by atoms with van der Waals surface area (Å²) in [4.78, 5) is 12.1. The Kier molecular flexibility index (Phi) is 5.70. The van der Waals surface area contributed by atoms with Crippen molar-refractivity contribution >= 4 is 34.8 Å². The lowest BCUT2D eigenvalue weighted by molar-refractivity contribution is -0.118. The predicted octanol–water partition coefficient (Wildman–Crippen LogP) is 4.24. The summed E-state index contributed by atoms with van der Waals surface area (Å²) < 4.78 is 0. The average molecular weight is 315 g/mol. The molecule has 0 aliphatic heterocycles. The van der Waals surface area contributed by atoms with E-state index in [0.29, 0.717) is 21.8 Å². The van der Waals surface area contributed by atoms with Crippen LogP contribution in [-0.4, -0.2) is 18.0 Å². The molecule has 1 aromatic rings. The maximum absolute atomic E-state index is 12.1. The minimum atomic E-state index is -0.226. The third kappa shape index (κ3) is 4.65. The smallest absolute Gasteiger partial charge is 0.241 e. The van der Waals surface area contributed by atoms with Crippen LogP contribution in [0.3, 0.4) is 0 Å². The zero-order valence-corrected chi connectivity index (χ0v) is 13.1. The number of carbonyl (C=O) groups excluding carboxylic acids is 1. The number of halogens is 2. The summed E-state index contributed by atoms with van der Waals surface area (Å²) >= 11 is 11.8. The number of rotatable bonds is 4. The molecule has 5 heteroatoms. The van der Waals surface area contributed by atoms with Gasteiger partial charge in [-0.15, -0.1) is 0 Å². The normalized spacial score (nSPS) is 17.8. The lowest BCUT2D eigenvalue weighted by atomic mass is 9.95. The molecule has 3 nitrogen and oxygen atoms in total. The van der Waals surface area contributed by atoms with Crippen molar-refractivity contribution in [3.8, 4) is 0 Å². The standard InChI is InChI=1S/C15H20Cl2N2O/c1-10(18-13-5-3-2-4-6-13)15(20)19-14-8-11(16)7-12(17)9-14/h7-10,13,18H,2-6H2,1H3,(H,19,20)/t10-/m0/s1. The third-order valence-electron chi connectivity index (χ3n) is 3.61. The van der Waals surface area contributed by atoms with E-state index in [9.17, 15) is 4.79 Å². The van der Waals surface area contributed by atoms with Gasteiger partial charge in [-0.2, -0.15) is 0 Å². The molecule has 110 valence electrons. The van der Waals surface area contributed by atoms with Crippen molar-refractivity contribution in [3.63, 3.8) is 0 Å². The maximum atomic E-state index is 12.1. The lowest BCUT2D eigenvalue weighted by Crippen LogP contribution is -2.44. The van der Waals surface area contributed by atoms with Crippen LogP contribution >= 0.6 is 23.2 Å². The minimum Gasteiger partial charge on any atom is -0.325 e.